The second-order valence-corrected chi connectivity index (χ2v) is 5.33. The second kappa shape index (κ2) is 6.33. The van der Waals surface area contributed by atoms with Crippen LogP contribution in [0.15, 0.2) is 4.47 Å². The third-order valence-corrected chi connectivity index (χ3v) is 4.07. The lowest BCUT2D eigenvalue weighted by molar-refractivity contribution is -0.141. The predicted molar refractivity (Wildman–Crippen MR) is 73.4 cm³/mol. The van der Waals surface area contributed by atoms with Crippen LogP contribution in [0.25, 0.3) is 0 Å². The van der Waals surface area contributed by atoms with Crippen molar-refractivity contribution in [1.29, 1.82) is 0 Å². The van der Waals surface area contributed by atoms with E-state index in [0.29, 0.717) is 13.1 Å². The summed E-state index contributed by atoms with van der Waals surface area (Å²) >= 11 is 3.53. The second-order valence-electron chi connectivity index (χ2n) is 4.54. The van der Waals surface area contributed by atoms with Gasteiger partial charge in [0.1, 0.15) is 0 Å². The molecule has 0 amide bonds. The van der Waals surface area contributed by atoms with Crippen LogP contribution in [0.3, 0.4) is 0 Å². The van der Waals surface area contributed by atoms with Gasteiger partial charge in [-0.3, -0.25) is 14.4 Å². The van der Waals surface area contributed by atoms with E-state index in [1.165, 1.54) is 0 Å². The largest absolute Gasteiger partial charge is 0.481 e. The molecule has 1 N–H and O–H groups in total. The van der Waals surface area contributed by atoms with Gasteiger partial charge in [-0.1, -0.05) is 13.8 Å². The first kappa shape index (κ1) is 15.2. The summed E-state index contributed by atoms with van der Waals surface area (Å²) in [5, 5.41) is 13.3. The minimum Gasteiger partial charge on any atom is -0.481 e. The van der Waals surface area contributed by atoms with Gasteiger partial charge < -0.3 is 5.11 Å². The fraction of sp³-hybridized carbons (Fsp3) is 0.667. The van der Waals surface area contributed by atoms with Gasteiger partial charge >= 0.3 is 5.97 Å². The Bertz CT molecular complexity index is 431. The highest BCUT2D eigenvalue weighted by molar-refractivity contribution is 9.10. The van der Waals surface area contributed by atoms with Gasteiger partial charge in [-0.15, -0.1) is 0 Å². The van der Waals surface area contributed by atoms with Gasteiger partial charge in [-0.05, 0) is 29.4 Å². The van der Waals surface area contributed by atoms with Crippen molar-refractivity contribution in [2.75, 3.05) is 13.1 Å². The van der Waals surface area contributed by atoms with Crippen molar-refractivity contribution in [3.05, 3.63) is 15.9 Å². The zero-order valence-corrected chi connectivity index (χ0v) is 12.9. The van der Waals surface area contributed by atoms with Gasteiger partial charge in [0.2, 0.25) is 0 Å². The van der Waals surface area contributed by atoms with Crippen molar-refractivity contribution in [3.8, 4) is 0 Å². The SMILES string of the molecule is CCN(Cc1c(Br)c(C)nn1C)CC(C)C(=O)O. The summed E-state index contributed by atoms with van der Waals surface area (Å²) in [5.74, 6) is -1.12. The van der Waals surface area contributed by atoms with E-state index in [4.69, 9.17) is 5.11 Å². The lowest BCUT2D eigenvalue weighted by Crippen LogP contribution is -2.32. The molecule has 18 heavy (non-hydrogen) atoms. The minimum absolute atomic E-state index is 0.363. The molecule has 102 valence electrons. The summed E-state index contributed by atoms with van der Waals surface area (Å²) in [6, 6.07) is 0. The molecule has 1 heterocycles. The Morgan fingerprint density at radius 2 is 2.22 bits per heavy atom. The van der Waals surface area contributed by atoms with Crippen LogP contribution in [-0.4, -0.2) is 38.8 Å². The molecule has 0 aliphatic rings. The van der Waals surface area contributed by atoms with Gasteiger partial charge in [-0.2, -0.15) is 5.10 Å². The van der Waals surface area contributed by atoms with Crippen molar-refractivity contribution in [2.45, 2.75) is 27.3 Å². The maximum absolute atomic E-state index is 10.9. The lowest BCUT2D eigenvalue weighted by Gasteiger charge is -2.22. The molecule has 1 unspecified atom stereocenters. The van der Waals surface area contributed by atoms with Gasteiger partial charge in [-0.25, -0.2) is 0 Å². The van der Waals surface area contributed by atoms with Crippen LogP contribution < -0.4 is 0 Å². The van der Waals surface area contributed by atoms with Crippen molar-refractivity contribution in [2.24, 2.45) is 13.0 Å². The molecule has 1 aromatic heterocycles. The summed E-state index contributed by atoms with van der Waals surface area (Å²) in [7, 11) is 1.90. The molecular formula is C12H20BrN3O2. The Balaban J connectivity index is 2.77. The number of hydrogen-bond acceptors (Lipinski definition) is 3. The Labute approximate surface area is 116 Å². The number of carboxylic acids is 1. The number of nitrogens with zero attached hydrogens (tertiary/aromatic N) is 3. The number of halogens is 1. The molecule has 0 spiro atoms. The van der Waals surface area contributed by atoms with Gasteiger partial charge in [0, 0.05) is 20.1 Å². The van der Waals surface area contributed by atoms with Gasteiger partial charge in [0.25, 0.3) is 0 Å². The molecule has 0 aromatic carbocycles. The molecule has 0 bridgehead atoms. The predicted octanol–water partition coefficient (Wildman–Crippen LogP) is 2.03. The van der Waals surface area contributed by atoms with E-state index in [-0.39, 0.29) is 5.92 Å². The normalized spacial score (nSPS) is 13.0. The zero-order valence-electron chi connectivity index (χ0n) is 11.3. The summed E-state index contributed by atoms with van der Waals surface area (Å²) in [6.07, 6.45) is 0. The molecule has 1 rings (SSSR count). The first-order valence-corrected chi connectivity index (χ1v) is 6.79. The average Bonchev–Trinajstić information content (AvgIpc) is 2.54. The van der Waals surface area contributed by atoms with Crippen LogP contribution >= 0.6 is 15.9 Å². The van der Waals surface area contributed by atoms with Gasteiger partial charge in [0.05, 0.1) is 21.8 Å². The molecular weight excluding hydrogens is 298 g/mol. The Morgan fingerprint density at radius 3 is 2.61 bits per heavy atom. The van der Waals surface area contributed by atoms with Crippen molar-refractivity contribution in [3.63, 3.8) is 0 Å². The average molecular weight is 318 g/mol. The first-order valence-electron chi connectivity index (χ1n) is 5.99. The smallest absolute Gasteiger partial charge is 0.307 e. The van der Waals surface area contributed by atoms with Crippen LogP contribution in [0.4, 0.5) is 0 Å². The Hall–Kier alpha value is -0.880. The molecule has 0 fully saturated rings. The number of rotatable bonds is 6. The van der Waals surface area contributed by atoms with E-state index in [2.05, 4.69) is 25.9 Å². The highest BCUT2D eigenvalue weighted by atomic mass is 79.9. The van der Waals surface area contributed by atoms with Crippen LogP contribution in [0.2, 0.25) is 0 Å². The molecule has 0 saturated carbocycles. The number of carboxylic acid groups (broad SMARTS) is 1. The fourth-order valence-corrected chi connectivity index (χ4v) is 2.30. The van der Waals surface area contributed by atoms with Gasteiger partial charge in [0.15, 0.2) is 0 Å². The van der Waals surface area contributed by atoms with Crippen LogP contribution in [0.1, 0.15) is 25.2 Å². The molecule has 5 nitrogen and oxygen atoms in total. The van der Waals surface area contributed by atoms with E-state index < -0.39 is 5.97 Å². The summed E-state index contributed by atoms with van der Waals surface area (Å²) < 4.78 is 2.85. The van der Waals surface area contributed by atoms with Crippen LogP contribution in [0.5, 0.6) is 0 Å². The maximum Gasteiger partial charge on any atom is 0.307 e. The number of hydrogen-bond donors (Lipinski definition) is 1. The molecule has 1 aromatic rings. The third-order valence-electron chi connectivity index (χ3n) is 3.04. The maximum atomic E-state index is 10.9. The summed E-state index contributed by atoms with van der Waals surface area (Å²) in [5.41, 5.74) is 2.03. The topological polar surface area (TPSA) is 58.4 Å². The highest BCUT2D eigenvalue weighted by Crippen LogP contribution is 2.21. The van der Waals surface area contributed by atoms with Crippen molar-refractivity contribution >= 4 is 21.9 Å². The molecule has 6 heteroatoms. The molecule has 1 atom stereocenters. The summed E-state index contributed by atoms with van der Waals surface area (Å²) in [4.78, 5) is 13.0. The van der Waals surface area contributed by atoms with Crippen LogP contribution in [0, 0.1) is 12.8 Å². The van der Waals surface area contributed by atoms with E-state index in [9.17, 15) is 4.79 Å². The Morgan fingerprint density at radius 1 is 1.61 bits per heavy atom. The third kappa shape index (κ3) is 3.55. The fourth-order valence-electron chi connectivity index (χ4n) is 1.83. The first-order chi connectivity index (χ1) is 8.36. The molecule has 0 radical (unpaired) electrons. The molecule has 0 aliphatic carbocycles. The monoisotopic (exact) mass is 317 g/mol. The molecule has 0 aliphatic heterocycles. The lowest BCUT2D eigenvalue weighted by atomic mass is 10.1. The van der Waals surface area contributed by atoms with Crippen molar-refractivity contribution < 1.29 is 9.90 Å². The van der Waals surface area contributed by atoms with E-state index in [1.54, 1.807) is 6.92 Å². The highest BCUT2D eigenvalue weighted by Gasteiger charge is 2.18. The Kier molecular flexibility index (Phi) is 5.34. The number of carbonyl (C=O) groups is 1. The van der Waals surface area contributed by atoms with Crippen molar-refractivity contribution in [1.82, 2.24) is 14.7 Å². The standard InChI is InChI=1S/C12H20BrN3O2/c1-5-16(6-8(2)12(17)18)7-10-11(13)9(3)14-15(10)4/h8H,5-7H2,1-4H3,(H,17,18). The number of aliphatic carboxylic acids is 1. The quantitative estimate of drug-likeness (QED) is 0.872. The van der Waals surface area contributed by atoms with E-state index >= 15 is 0 Å². The number of aryl methyl sites for hydroxylation is 2. The zero-order chi connectivity index (χ0) is 13.9. The van der Waals surface area contributed by atoms with Crippen LogP contribution in [-0.2, 0) is 18.4 Å². The minimum atomic E-state index is -0.756. The number of aromatic nitrogens is 2. The molecule has 0 saturated heterocycles. The van der Waals surface area contributed by atoms with E-state index in [1.807, 2.05) is 25.6 Å². The summed E-state index contributed by atoms with van der Waals surface area (Å²) in [6.45, 7) is 7.77. The van der Waals surface area contributed by atoms with E-state index in [0.717, 1.165) is 22.4 Å².